The van der Waals surface area contributed by atoms with Gasteiger partial charge in [0.2, 0.25) is 11.8 Å². The number of aliphatic carboxylic acids is 1. The Kier molecular flexibility index (Phi) is 5.14. The average molecular weight is 284 g/mol. The van der Waals surface area contributed by atoms with Gasteiger partial charge >= 0.3 is 5.97 Å². The van der Waals surface area contributed by atoms with Gasteiger partial charge < -0.3 is 15.7 Å². The average Bonchev–Trinajstić information content (AvgIpc) is 3.11. The molecule has 2 amide bonds. The fourth-order valence-electron chi connectivity index (χ4n) is 1.77. The van der Waals surface area contributed by atoms with Crippen molar-refractivity contribution in [2.24, 2.45) is 11.3 Å². The van der Waals surface area contributed by atoms with Crippen molar-refractivity contribution in [1.82, 2.24) is 10.6 Å². The van der Waals surface area contributed by atoms with Gasteiger partial charge in [0.25, 0.3) is 0 Å². The van der Waals surface area contributed by atoms with Crippen LogP contribution in [0.3, 0.4) is 0 Å². The Hall–Kier alpha value is -1.59. The number of carbonyl (C=O) groups excluding carboxylic acids is 2. The molecule has 1 aliphatic carbocycles. The molecular weight excluding hydrogens is 260 g/mol. The van der Waals surface area contributed by atoms with Crippen LogP contribution in [0.5, 0.6) is 0 Å². The summed E-state index contributed by atoms with van der Waals surface area (Å²) in [5, 5.41) is 14.6. The van der Waals surface area contributed by atoms with Crippen molar-refractivity contribution in [2.75, 3.05) is 0 Å². The highest BCUT2D eigenvalue weighted by molar-refractivity contribution is 5.90. The standard InChI is InChI=1S/C14H24N2O4/c1-8(2)14(4,13(19)20)7-11(17)15-9(3)12(18)16-10-5-6-10/h8-10H,5-7H2,1-4H3,(H,15,17)(H,16,18)(H,19,20). The minimum absolute atomic E-state index is 0.138. The monoisotopic (exact) mass is 284 g/mol. The molecule has 1 rings (SSSR count). The van der Waals surface area contributed by atoms with E-state index in [1.807, 2.05) is 0 Å². The number of nitrogens with one attached hydrogen (secondary N) is 2. The van der Waals surface area contributed by atoms with E-state index in [1.54, 1.807) is 27.7 Å². The van der Waals surface area contributed by atoms with E-state index < -0.39 is 23.3 Å². The van der Waals surface area contributed by atoms with E-state index in [2.05, 4.69) is 10.6 Å². The van der Waals surface area contributed by atoms with Gasteiger partial charge in [0.1, 0.15) is 6.04 Å². The molecule has 0 spiro atoms. The molecule has 0 saturated heterocycles. The van der Waals surface area contributed by atoms with Crippen LogP contribution < -0.4 is 10.6 Å². The number of carbonyl (C=O) groups is 3. The Morgan fingerprint density at radius 3 is 2.20 bits per heavy atom. The smallest absolute Gasteiger partial charge is 0.310 e. The molecule has 0 aliphatic heterocycles. The molecule has 1 saturated carbocycles. The van der Waals surface area contributed by atoms with E-state index in [0.717, 1.165) is 12.8 Å². The first kappa shape index (κ1) is 16.5. The van der Waals surface area contributed by atoms with Crippen LogP contribution in [0.2, 0.25) is 0 Å². The summed E-state index contributed by atoms with van der Waals surface area (Å²) in [6, 6.07) is -0.407. The van der Waals surface area contributed by atoms with Gasteiger partial charge in [0, 0.05) is 12.5 Å². The van der Waals surface area contributed by atoms with Crippen LogP contribution in [0.1, 0.15) is 47.0 Å². The van der Waals surface area contributed by atoms with Gasteiger partial charge in [-0.15, -0.1) is 0 Å². The van der Waals surface area contributed by atoms with Crippen molar-refractivity contribution in [3.63, 3.8) is 0 Å². The normalized spacial score (nSPS) is 19.1. The van der Waals surface area contributed by atoms with Crippen molar-refractivity contribution in [3.05, 3.63) is 0 Å². The summed E-state index contributed by atoms with van der Waals surface area (Å²) in [5.41, 5.74) is -1.13. The van der Waals surface area contributed by atoms with E-state index in [1.165, 1.54) is 0 Å². The zero-order chi connectivity index (χ0) is 15.5. The van der Waals surface area contributed by atoms with Crippen LogP contribution in [0.4, 0.5) is 0 Å². The first-order chi connectivity index (χ1) is 9.16. The maximum Gasteiger partial charge on any atom is 0.310 e. The van der Waals surface area contributed by atoms with Gasteiger partial charge in [0.05, 0.1) is 5.41 Å². The van der Waals surface area contributed by atoms with Crippen molar-refractivity contribution in [2.45, 2.75) is 59.0 Å². The zero-order valence-corrected chi connectivity index (χ0v) is 12.5. The highest BCUT2D eigenvalue weighted by Crippen LogP contribution is 2.31. The maximum absolute atomic E-state index is 11.9. The number of carboxylic acids is 1. The van der Waals surface area contributed by atoms with E-state index in [9.17, 15) is 19.5 Å². The number of hydrogen-bond acceptors (Lipinski definition) is 3. The molecule has 6 nitrogen and oxygen atoms in total. The van der Waals surface area contributed by atoms with Crippen LogP contribution in [0.15, 0.2) is 0 Å². The summed E-state index contributed by atoms with van der Waals surface area (Å²) in [6.07, 6.45) is 1.83. The summed E-state index contributed by atoms with van der Waals surface area (Å²) in [4.78, 5) is 35.0. The molecule has 1 aliphatic rings. The molecule has 6 heteroatoms. The Balaban J connectivity index is 2.52. The van der Waals surface area contributed by atoms with Crippen LogP contribution in [-0.4, -0.2) is 35.0 Å². The zero-order valence-electron chi connectivity index (χ0n) is 12.5. The molecule has 3 N–H and O–H groups in total. The van der Waals surface area contributed by atoms with Crippen LogP contribution in [0.25, 0.3) is 0 Å². The molecule has 2 atom stereocenters. The van der Waals surface area contributed by atoms with Gasteiger partial charge in [-0.05, 0) is 32.6 Å². The van der Waals surface area contributed by atoms with Gasteiger partial charge in [-0.25, -0.2) is 0 Å². The van der Waals surface area contributed by atoms with Crippen molar-refractivity contribution >= 4 is 17.8 Å². The van der Waals surface area contributed by atoms with Crippen molar-refractivity contribution < 1.29 is 19.5 Å². The second kappa shape index (κ2) is 6.24. The third-order valence-corrected chi connectivity index (χ3v) is 3.99. The third-order valence-electron chi connectivity index (χ3n) is 3.99. The molecule has 0 bridgehead atoms. The highest BCUT2D eigenvalue weighted by atomic mass is 16.4. The lowest BCUT2D eigenvalue weighted by atomic mass is 9.76. The quantitative estimate of drug-likeness (QED) is 0.647. The van der Waals surface area contributed by atoms with Crippen LogP contribution in [-0.2, 0) is 14.4 Å². The Labute approximate surface area is 119 Å². The first-order valence-corrected chi connectivity index (χ1v) is 7.00. The fourth-order valence-corrected chi connectivity index (χ4v) is 1.77. The second-order valence-electron chi connectivity index (χ2n) is 6.13. The lowest BCUT2D eigenvalue weighted by molar-refractivity contribution is -0.153. The molecule has 2 unspecified atom stereocenters. The van der Waals surface area contributed by atoms with E-state index >= 15 is 0 Å². The van der Waals surface area contributed by atoms with Crippen molar-refractivity contribution in [1.29, 1.82) is 0 Å². The van der Waals surface area contributed by atoms with Crippen molar-refractivity contribution in [3.8, 4) is 0 Å². The summed E-state index contributed by atoms with van der Waals surface area (Å²) in [6.45, 7) is 6.69. The summed E-state index contributed by atoms with van der Waals surface area (Å²) < 4.78 is 0. The largest absolute Gasteiger partial charge is 0.481 e. The molecule has 0 radical (unpaired) electrons. The molecule has 0 aromatic carbocycles. The Morgan fingerprint density at radius 2 is 1.80 bits per heavy atom. The Morgan fingerprint density at radius 1 is 1.25 bits per heavy atom. The van der Waals surface area contributed by atoms with E-state index in [0.29, 0.717) is 0 Å². The topological polar surface area (TPSA) is 95.5 Å². The number of carboxylic acid groups (broad SMARTS) is 1. The second-order valence-corrected chi connectivity index (χ2v) is 6.13. The Bertz CT molecular complexity index is 404. The molecule has 1 fully saturated rings. The highest BCUT2D eigenvalue weighted by Gasteiger charge is 2.39. The number of rotatable bonds is 7. The number of hydrogen-bond donors (Lipinski definition) is 3. The molecule has 114 valence electrons. The fraction of sp³-hybridized carbons (Fsp3) is 0.786. The van der Waals surface area contributed by atoms with Gasteiger partial charge in [0.15, 0.2) is 0 Å². The van der Waals surface area contributed by atoms with Crippen LogP contribution in [0, 0.1) is 11.3 Å². The summed E-state index contributed by atoms with van der Waals surface area (Å²) in [5.74, 6) is -1.82. The van der Waals surface area contributed by atoms with E-state index in [-0.39, 0.29) is 24.3 Å². The predicted octanol–water partition coefficient (Wildman–Crippen LogP) is 0.907. The predicted molar refractivity (Wildman–Crippen MR) is 74.0 cm³/mol. The molecule has 20 heavy (non-hydrogen) atoms. The number of amides is 2. The maximum atomic E-state index is 11.9. The SMILES string of the molecule is CC(NC(=O)CC(C)(C(=O)O)C(C)C)C(=O)NC1CC1. The minimum Gasteiger partial charge on any atom is -0.481 e. The molecular formula is C14H24N2O4. The van der Waals surface area contributed by atoms with Crippen LogP contribution >= 0.6 is 0 Å². The summed E-state index contributed by atoms with van der Waals surface area (Å²) >= 11 is 0. The molecule has 0 heterocycles. The third kappa shape index (κ3) is 4.21. The van der Waals surface area contributed by atoms with Gasteiger partial charge in [-0.2, -0.15) is 0 Å². The molecule has 0 aromatic heterocycles. The van der Waals surface area contributed by atoms with E-state index in [4.69, 9.17) is 0 Å². The lowest BCUT2D eigenvalue weighted by Crippen LogP contribution is -2.47. The summed E-state index contributed by atoms with van der Waals surface area (Å²) in [7, 11) is 0. The minimum atomic E-state index is -1.13. The lowest BCUT2D eigenvalue weighted by Gasteiger charge is -2.28. The first-order valence-electron chi connectivity index (χ1n) is 7.00. The molecule has 0 aromatic rings. The van der Waals surface area contributed by atoms with Gasteiger partial charge in [-0.3, -0.25) is 14.4 Å². The van der Waals surface area contributed by atoms with Gasteiger partial charge in [-0.1, -0.05) is 13.8 Å².